The summed E-state index contributed by atoms with van der Waals surface area (Å²) < 4.78 is 29.1. The Kier molecular flexibility index (Phi) is 5.05. The molecule has 0 aromatic heterocycles. The predicted octanol–water partition coefficient (Wildman–Crippen LogP) is 4.18. The number of hydrogen-bond donors (Lipinski definition) is 1. The normalized spacial score (nSPS) is 17.5. The molecule has 1 aliphatic heterocycles. The van der Waals surface area contributed by atoms with E-state index in [2.05, 4.69) is 21.2 Å². The number of nitrogens with one attached hydrogen (secondary N) is 1. The van der Waals surface area contributed by atoms with Gasteiger partial charge in [-0.2, -0.15) is 4.31 Å². The van der Waals surface area contributed by atoms with Crippen molar-refractivity contribution in [1.82, 2.24) is 4.31 Å². The summed E-state index contributed by atoms with van der Waals surface area (Å²) in [6.45, 7) is -0.275. The van der Waals surface area contributed by atoms with E-state index < -0.39 is 16.1 Å². The molecule has 1 heterocycles. The Bertz CT molecular complexity index is 1120. The zero-order valence-corrected chi connectivity index (χ0v) is 17.2. The first-order valence-electron chi connectivity index (χ1n) is 8.68. The molecule has 142 valence electrons. The van der Waals surface area contributed by atoms with Gasteiger partial charge in [-0.05, 0) is 41.5 Å². The number of carbonyl (C=O) groups excluding carboxylic acids is 1. The third-order valence-electron chi connectivity index (χ3n) is 4.63. The van der Waals surface area contributed by atoms with E-state index in [1.807, 2.05) is 42.5 Å². The zero-order chi connectivity index (χ0) is 19.7. The van der Waals surface area contributed by atoms with Crippen LogP contribution in [-0.2, 0) is 14.8 Å². The Morgan fingerprint density at radius 1 is 0.929 bits per heavy atom. The van der Waals surface area contributed by atoms with Crippen LogP contribution in [0, 0.1) is 0 Å². The van der Waals surface area contributed by atoms with Gasteiger partial charge >= 0.3 is 0 Å². The van der Waals surface area contributed by atoms with Crippen molar-refractivity contribution in [2.75, 3.05) is 11.9 Å². The fourth-order valence-electron chi connectivity index (χ4n) is 3.38. The number of benzene rings is 3. The average Bonchev–Trinajstić information content (AvgIpc) is 2.85. The van der Waals surface area contributed by atoms with Gasteiger partial charge < -0.3 is 5.32 Å². The minimum Gasteiger partial charge on any atom is -0.325 e. The molecule has 1 atom stereocenters. The second kappa shape index (κ2) is 7.50. The summed E-state index contributed by atoms with van der Waals surface area (Å²) in [5.41, 5.74) is 2.11. The van der Waals surface area contributed by atoms with Crippen LogP contribution in [0.5, 0.6) is 0 Å². The minimum absolute atomic E-state index is 0.155. The Morgan fingerprint density at radius 3 is 2.25 bits per heavy atom. The summed E-state index contributed by atoms with van der Waals surface area (Å²) in [5, 5.41) is 2.84. The molecule has 0 spiro atoms. The maximum absolute atomic E-state index is 13.5. The molecule has 1 N–H and O–H groups in total. The topological polar surface area (TPSA) is 66.5 Å². The molecule has 0 fully saturated rings. The predicted molar refractivity (Wildman–Crippen MR) is 111 cm³/mol. The van der Waals surface area contributed by atoms with E-state index >= 15 is 0 Å². The van der Waals surface area contributed by atoms with Crippen molar-refractivity contribution in [3.63, 3.8) is 0 Å². The summed E-state index contributed by atoms with van der Waals surface area (Å²) in [5.74, 6) is -0.374. The number of carbonyl (C=O) groups is 1. The largest absolute Gasteiger partial charge is 0.325 e. The molecule has 0 saturated heterocycles. The maximum Gasteiger partial charge on any atom is 0.244 e. The van der Waals surface area contributed by atoms with Crippen molar-refractivity contribution >= 4 is 37.5 Å². The first-order valence-corrected chi connectivity index (χ1v) is 10.9. The van der Waals surface area contributed by atoms with E-state index in [0.29, 0.717) is 11.3 Å². The smallest absolute Gasteiger partial charge is 0.244 e. The lowest BCUT2D eigenvalue weighted by Gasteiger charge is -2.29. The van der Waals surface area contributed by atoms with E-state index in [1.54, 1.807) is 36.4 Å². The summed E-state index contributed by atoms with van der Waals surface area (Å²) >= 11 is 3.47. The molecule has 0 radical (unpaired) electrons. The molecule has 0 saturated carbocycles. The van der Waals surface area contributed by atoms with Gasteiger partial charge in [0.15, 0.2) is 0 Å². The van der Waals surface area contributed by atoms with Crippen LogP contribution in [0.25, 0.3) is 0 Å². The number of fused-ring (bicyclic) bond motifs is 1. The highest BCUT2D eigenvalue weighted by atomic mass is 79.9. The Labute approximate surface area is 172 Å². The van der Waals surface area contributed by atoms with Gasteiger partial charge in [0, 0.05) is 10.2 Å². The van der Waals surface area contributed by atoms with Crippen LogP contribution in [0.15, 0.2) is 88.2 Å². The highest BCUT2D eigenvalue weighted by Crippen LogP contribution is 2.39. The average molecular weight is 457 g/mol. The number of hydrogen-bond acceptors (Lipinski definition) is 3. The van der Waals surface area contributed by atoms with Crippen molar-refractivity contribution in [3.8, 4) is 0 Å². The Balaban J connectivity index is 1.96. The highest BCUT2D eigenvalue weighted by molar-refractivity contribution is 9.10. The molecular formula is C21H17BrN2O3S. The van der Waals surface area contributed by atoms with Gasteiger partial charge in [-0.15, -0.1) is 0 Å². The molecule has 0 unspecified atom stereocenters. The molecule has 0 bridgehead atoms. The standard InChI is InChI=1S/C21H17BrN2O3S/c22-16-11-12-19-18(13-16)21(15-7-3-1-4-8-15)24(14-20(25)23-19)28(26,27)17-9-5-2-6-10-17/h1-13,21H,14H2,(H,23,25)/t21-/m0/s1. The third kappa shape index (κ3) is 3.48. The molecule has 3 aromatic rings. The quantitative estimate of drug-likeness (QED) is 0.642. The SMILES string of the molecule is O=C1CN(S(=O)(=O)c2ccccc2)[C@@H](c2ccccc2)c2cc(Br)ccc2N1. The van der Waals surface area contributed by atoms with Gasteiger partial charge in [0.05, 0.1) is 17.5 Å². The van der Waals surface area contributed by atoms with Crippen LogP contribution < -0.4 is 5.32 Å². The van der Waals surface area contributed by atoms with Crippen LogP contribution in [-0.4, -0.2) is 25.2 Å². The molecule has 3 aromatic carbocycles. The second-order valence-corrected chi connectivity index (χ2v) is 9.26. The van der Waals surface area contributed by atoms with E-state index in [9.17, 15) is 13.2 Å². The first-order chi connectivity index (χ1) is 13.5. The lowest BCUT2D eigenvalue weighted by Crippen LogP contribution is -2.38. The van der Waals surface area contributed by atoms with Gasteiger partial charge in [0.1, 0.15) is 0 Å². The van der Waals surface area contributed by atoms with Crippen molar-refractivity contribution in [1.29, 1.82) is 0 Å². The maximum atomic E-state index is 13.5. The lowest BCUT2D eigenvalue weighted by molar-refractivity contribution is -0.116. The van der Waals surface area contributed by atoms with E-state index in [0.717, 1.165) is 10.0 Å². The van der Waals surface area contributed by atoms with Gasteiger partial charge in [-0.3, -0.25) is 4.79 Å². The number of sulfonamides is 1. The fraction of sp³-hybridized carbons (Fsp3) is 0.0952. The van der Waals surface area contributed by atoms with E-state index in [-0.39, 0.29) is 17.3 Å². The van der Waals surface area contributed by atoms with Gasteiger partial charge in [0.25, 0.3) is 0 Å². The third-order valence-corrected chi connectivity index (χ3v) is 6.95. The molecule has 0 aliphatic carbocycles. The molecule has 28 heavy (non-hydrogen) atoms. The van der Waals surface area contributed by atoms with Crippen molar-refractivity contribution < 1.29 is 13.2 Å². The lowest BCUT2D eigenvalue weighted by atomic mass is 9.97. The number of rotatable bonds is 3. The Hall–Kier alpha value is -2.48. The number of amides is 1. The number of nitrogens with zero attached hydrogens (tertiary/aromatic N) is 1. The summed E-state index contributed by atoms with van der Waals surface area (Å²) in [4.78, 5) is 12.7. The minimum atomic E-state index is -3.91. The molecular weight excluding hydrogens is 440 g/mol. The van der Waals surface area contributed by atoms with E-state index in [4.69, 9.17) is 0 Å². The van der Waals surface area contributed by atoms with E-state index in [1.165, 1.54) is 4.31 Å². The molecule has 1 amide bonds. The molecule has 1 aliphatic rings. The van der Waals surface area contributed by atoms with Crippen molar-refractivity contribution in [3.05, 3.63) is 94.5 Å². The molecule has 5 nitrogen and oxygen atoms in total. The second-order valence-electron chi connectivity index (χ2n) is 6.46. The zero-order valence-electron chi connectivity index (χ0n) is 14.7. The van der Waals surface area contributed by atoms with Crippen LogP contribution >= 0.6 is 15.9 Å². The van der Waals surface area contributed by atoms with Gasteiger partial charge in [0.2, 0.25) is 15.9 Å². The van der Waals surface area contributed by atoms with Crippen molar-refractivity contribution in [2.45, 2.75) is 10.9 Å². The van der Waals surface area contributed by atoms with Crippen LogP contribution in [0.2, 0.25) is 0 Å². The highest BCUT2D eigenvalue weighted by Gasteiger charge is 2.38. The van der Waals surface area contributed by atoms with Gasteiger partial charge in [-0.1, -0.05) is 64.5 Å². The number of anilines is 1. The van der Waals surface area contributed by atoms with Crippen LogP contribution in [0.1, 0.15) is 17.2 Å². The number of halogens is 1. The van der Waals surface area contributed by atoms with Crippen LogP contribution in [0.3, 0.4) is 0 Å². The molecule has 4 rings (SSSR count). The summed E-state index contributed by atoms with van der Waals surface area (Å²) in [6, 6.07) is 22.4. The fourth-order valence-corrected chi connectivity index (χ4v) is 5.33. The summed E-state index contributed by atoms with van der Waals surface area (Å²) in [7, 11) is -3.91. The van der Waals surface area contributed by atoms with Gasteiger partial charge in [-0.25, -0.2) is 8.42 Å². The monoisotopic (exact) mass is 456 g/mol. The van der Waals surface area contributed by atoms with Crippen LogP contribution in [0.4, 0.5) is 5.69 Å². The first kappa shape index (κ1) is 18.9. The molecule has 7 heteroatoms. The summed E-state index contributed by atoms with van der Waals surface area (Å²) in [6.07, 6.45) is 0. The van der Waals surface area contributed by atoms with Crippen molar-refractivity contribution in [2.24, 2.45) is 0 Å². The Morgan fingerprint density at radius 2 is 1.57 bits per heavy atom.